The summed E-state index contributed by atoms with van der Waals surface area (Å²) in [7, 11) is 0. The molecule has 14 heteroatoms. The number of benzene rings is 6. The van der Waals surface area contributed by atoms with Gasteiger partial charge in [-0.15, -0.1) is 22.7 Å². The number of fused-ring (bicyclic) bond motifs is 6. The Balaban J connectivity index is 1.14. The Kier molecular flexibility index (Phi) is 12.6. The number of carbonyl (C=O) groups is 8. The van der Waals surface area contributed by atoms with Gasteiger partial charge in [-0.25, -0.2) is 0 Å². The van der Waals surface area contributed by atoms with Crippen LogP contribution in [-0.4, -0.2) is 47.0 Å². The lowest BCUT2D eigenvalue weighted by Crippen LogP contribution is -2.46. The first kappa shape index (κ1) is 49.4. The Bertz CT molecular complexity index is 3900. The van der Waals surface area contributed by atoms with E-state index >= 15 is 19.2 Å². The molecule has 0 fully saturated rings. The molecule has 8 aromatic rings. The highest BCUT2D eigenvalue weighted by Crippen LogP contribution is 2.66. The molecule has 0 radical (unpaired) electrons. The van der Waals surface area contributed by atoms with Crippen molar-refractivity contribution in [1.29, 1.82) is 0 Å². The molecule has 0 N–H and O–H groups in total. The molecule has 4 aliphatic carbocycles. The summed E-state index contributed by atoms with van der Waals surface area (Å²) in [5, 5.41) is 0. The lowest BCUT2D eigenvalue weighted by molar-refractivity contribution is -0.167. The van der Waals surface area contributed by atoms with Crippen LogP contribution in [0.25, 0.3) is 32.2 Å². The zero-order valence-electron chi connectivity index (χ0n) is 41.0. The van der Waals surface area contributed by atoms with Crippen LogP contribution in [0.1, 0.15) is 69.4 Å². The van der Waals surface area contributed by atoms with Gasteiger partial charge in [0.2, 0.25) is 34.0 Å². The van der Waals surface area contributed by atoms with Crippen LogP contribution in [0.4, 0.5) is 0 Å². The number of hydrogen-bond acceptors (Lipinski definition) is 14. The van der Waals surface area contributed by atoms with E-state index in [0.717, 1.165) is 22.7 Å². The molecule has 0 atom stereocenters. The Morgan fingerprint density at radius 2 is 0.795 bits per heavy atom. The van der Waals surface area contributed by atoms with Crippen molar-refractivity contribution < 1.29 is 57.3 Å². The minimum atomic E-state index is -2.72. The van der Waals surface area contributed by atoms with E-state index in [9.17, 15) is 19.2 Å². The van der Waals surface area contributed by atoms with Crippen LogP contribution in [0.5, 0.6) is 0 Å². The minimum absolute atomic E-state index is 0.0315. The third-order valence-electron chi connectivity index (χ3n) is 14.3. The van der Waals surface area contributed by atoms with E-state index in [-0.39, 0.29) is 81.4 Å². The zero-order valence-corrected chi connectivity index (χ0v) is 42.7. The van der Waals surface area contributed by atoms with E-state index in [2.05, 4.69) is 0 Å². The molecule has 0 unspecified atom stereocenters. The Hall–Kier alpha value is -9.50. The topological polar surface area (TPSA) is 173 Å². The fraction of sp³-hybridized carbons (Fsp3) is 0.0938. The molecule has 0 bridgehead atoms. The number of esters is 4. The first-order chi connectivity index (χ1) is 38.0. The molecule has 78 heavy (non-hydrogen) atoms. The van der Waals surface area contributed by atoms with Crippen molar-refractivity contribution in [3.05, 3.63) is 259 Å². The van der Waals surface area contributed by atoms with Gasteiger partial charge in [-0.2, -0.15) is 0 Å². The summed E-state index contributed by atoms with van der Waals surface area (Å²) < 4.78 is 25.8. The number of ether oxygens (including phenoxy) is 4. The summed E-state index contributed by atoms with van der Waals surface area (Å²) in [5.41, 5.74) is -2.62. The van der Waals surface area contributed by atoms with Crippen LogP contribution >= 0.6 is 22.7 Å². The third kappa shape index (κ3) is 8.03. The third-order valence-corrected chi connectivity index (χ3v) is 16.6. The molecule has 0 spiro atoms. The molecular formula is C64H40O12S2. The average molecular weight is 1070 g/mol. The van der Waals surface area contributed by atoms with Crippen molar-refractivity contribution in [2.24, 2.45) is 5.41 Å². The second kappa shape index (κ2) is 19.9. The largest absolute Gasteiger partial charge is 0.459 e. The summed E-state index contributed by atoms with van der Waals surface area (Å²) in [6, 6.07) is 49.8. The number of ketones is 4. The average Bonchev–Trinajstić information content (AvgIpc) is 3.95. The molecule has 2 heterocycles. The van der Waals surface area contributed by atoms with E-state index in [4.69, 9.17) is 18.9 Å². The van der Waals surface area contributed by atoms with Crippen molar-refractivity contribution in [2.75, 3.05) is 0 Å². The van der Waals surface area contributed by atoms with E-state index in [1.807, 2.05) is 0 Å². The van der Waals surface area contributed by atoms with Crippen LogP contribution < -0.4 is 0 Å². The predicted octanol–water partition coefficient (Wildman–Crippen LogP) is 11.0. The second-order valence-electron chi connectivity index (χ2n) is 18.8. The summed E-state index contributed by atoms with van der Waals surface area (Å²) >= 11 is 2.17. The zero-order chi connectivity index (χ0) is 53.7. The Morgan fingerprint density at radius 1 is 0.423 bits per heavy atom. The van der Waals surface area contributed by atoms with Crippen molar-refractivity contribution in [2.45, 2.75) is 31.8 Å². The second-order valence-corrected chi connectivity index (χ2v) is 20.9. The molecule has 4 aliphatic rings. The molecule has 6 aromatic carbocycles. The van der Waals surface area contributed by atoms with Crippen LogP contribution in [-0.2, 0) is 79.6 Å². The predicted molar refractivity (Wildman–Crippen MR) is 291 cm³/mol. The molecule has 12 nitrogen and oxygen atoms in total. The molecule has 0 saturated heterocycles. The summed E-state index contributed by atoms with van der Waals surface area (Å²) in [5.74, 6) is -7.70. The monoisotopic (exact) mass is 1060 g/mol. The van der Waals surface area contributed by atoms with Gasteiger partial charge in [0.25, 0.3) is 0 Å². The maximum Gasteiger partial charge on any atom is 0.333 e. The first-order valence-corrected chi connectivity index (χ1v) is 26.3. The fourth-order valence-corrected chi connectivity index (χ4v) is 13.4. The quantitative estimate of drug-likeness (QED) is 0.0332. The van der Waals surface area contributed by atoms with Gasteiger partial charge >= 0.3 is 23.9 Å². The molecule has 0 aliphatic heterocycles. The lowest BCUT2D eigenvalue weighted by atomic mass is 9.75. The van der Waals surface area contributed by atoms with Crippen LogP contribution in [0, 0.1) is 5.41 Å². The van der Waals surface area contributed by atoms with Crippen molar-refractivity contribution >= 4 is 102 Å². The van der Waals surface area contributed by atoms with Crippen LogP contribution in [0.2, 0.25) is 0 Å². The highest BCUT2D eigenvalue weighted by Gasteiger charge is 2.70. The SMILES string of the molecule is O=C1C(=O)c2ccccc2/C1=C/C1=CC2=C(c3sc4cc(/C=C5\C(=O)C(=O)c6ccccc65)sc4c3C2(C(=O)OCc2ccccc2)C(=O)OCc2ccccc2)C1(C(=O)OCc1ccccc1)C(=O)OCc1ccccc1. The number of thiophene rings is 2. The van der Waals surface area contributed by atoms with Gasteiger partial charge in [-0.05, 0) is 62.7 Å². The first-order valence-electron chi connectivity index (χ1n) is 24.7. The highest BCUT2D eigenvalue weighted by molar-refractivity contribution is 7.29. The highest BCUT2D eigenvalue weighted by atomic mass is 32.1. The van der Waals surface area contributed by atoms with Gasteiger partial charge in [0.15, 0.2) is 0 Å². The van der Waals surface area contributed by atoms with E-state index < -0.39 is 57.8 Å². The Labute approximate surface area is 453 Å². The van der Waals surface area contributed by atoms with Crippen molar-refractivity contribution in [1.82, 2.24) is 0 Å². The number of allylic oxidation sites excluding steroid dienone is 4. The number of Topliss-reactive ketones (excluding diaryl/α,β-unsaturated/α-hetero) is 4. The van der Waals surface area contributed by atoms with Gasteiger partial charge in [-0.3, -0.25) is 38.4 Å². The maximum absolute atomic E-state index is 16.0. The molecular weight excluding hydrogens is 1020 g/mol. The number of carbonyl (C=O) groups excluding carboxylic acids is 8. The van der Waals surface area contributed by atoms with E-state index in [0.29, 0.717) is 42.1 Å². The van der Waals surface area contributed by atoms with Gasteiger partial charge < -0.3 is 18.9 Å². The van der Waals surface area contributed by atoms with Crippen molar-refractivity contribution in [3.63, 3.8) is 0 Å². The molecule has 0 saturated carbocycles. The van der Waals surface area contributed by atoms with E-state index in [1.165, 1.54) is 18.2 Å². The number of hydrogen-bond donors (Lipinski definition) is 0. The van der Waals surface area contributed by atoms with Gasteiger partial charge in [0.1, 0.15) is 26.4 Å². The fourth-order valence-electron chi connectivity index (χ4n) is 10.6. The molecule has 0 amide bonds. The van der Waals surface area contributed by atoms with E-state index in [1.54, 1.807) is 176 Å². The summed E-state index contributed by atoms with van der Waals surface area (Å²) in [4.78, 5) is 119. The van der Waals surface area contributed by atoms with Gasteiger partial charge in [0.05, 0.1) is 4.70 Å². The maximum atomic E-state index is 16.0. The van der Waals surface area contributed by atoms with Crippen LogP contribution in [0.3, 0.4) is 0 Å². The smallest absolute Gasteiger partial charge is 0.333 e. The molecule has 12 rings (SSSR count). The molecule has 2 aromatic heterocycles. The molecule has 380 valence electrons. The summed E-state index contributed by atoms with van der Waals surface area (Å²) in [6.07, 6.45) is 4.20. The van der Waals surface area contributed by atoms with Gasteiger partial charge in [-0.1, -0.05) is 176 Å². The summed E-state index contributed by atoms with van der Waals surface area (Å²) in [6.45, 7) is -1.35. The minimum Gasteiger partial charge on any atom is -0.459 e. The number of rotatable bonds is 14. The standard InChI is InChI=1S/C64H40O12S2/c65-53-45-27-15-13-25-43(45)47(55(53)67)29-41-30-49-51(63(41,59(69)73-33-37-17-5-1-6-18-37)60(70)74-34-38-19-7-2-8-20-38)58-52(57-50(78-58)32-42(77-57)31-48-44-26-14-16-28-46(44)54(66)56(48)68)64(49,61(71)75-35-39-21-9-3-10-22-39)62(72)76-36-40-23-11-4-12-24-40/h1-32H,33-36H2/b47-29-,48-31-. The normalized spacial score (nSPS) is 16.5. The lowest BCUT2D eigenvalue weighted by Gasteiger charge is -2.30. The van der Waals surface area contributed by atoms with Crippen LogP contribution in [0.15, 0.2) is 199 Å². The van der Waals surface area contributed by atoms with Gasteiger partial charge in [0, 0.05) is 47.9 Å². The Morgan fingerprint density at radius 3 is 1.22 bits per heavy atom. The van der Waals surface area contributed by atoms with Crippen molar-refractivity contribution in [3.8, 4) is 0 Å².